The van der Waals surface area contributed by atoms with Gasteiger partial charge in [-0.05, 0) is 19.8 Å². The second-order valence-electron chi connectivity index (χ2n) is 3.69. The molecule has 0 aliphatic heterocycles. The smallest absolute Gasteiger partial charge is 0.147 e. The molecule has 0 unspecified atom stereocenters. The van der Waals surface area contributed by atoms with Crippen LogP contribution in [-0.4, -0.2) is 6.29 Å². The van der Waals surface area contributed by atoms with E-state index in [0.717, 1.165) is 24.7 Å². The van der Waals surface area contributed by atoms with Crippen LogP contribution in [0.1, 0.15) is 58.8 Å². The number of hydrogen-bond acceptors (Lipinski definition) is 1. The Morgan fingerprint density at radius 1 is 1.14 bits per heavy atom. The fourth-order valence-electron chi connectivity index (χ4n) is 1.41. The van der Waals surface area contributed by atoms with Gasteiger partial charge in [0.05, 0.1) is 0 Å². The van der Waals surface area contributed by atoms with E-state index in [2.05, 4.69) is 6.92 Å². The fraction of sp³-hybridized carbons (Fsp3) is 0.750. The highest BCUT2D eigenvalue weighted by atomic mass is 35.5. The van der Waals surface area contributed by atoms with Gasteiger partial charge in [0, 0.05) is 10.6 Å². The number of allylic oxidation sites excluding steroid dienone is 2. The number of carbonyl (C=O) groups excluding carboxylic acids is 1. The molecule has 14 heavy (non-hydrogen) atoms. The molecule has 82 valence electrons. The van der Waals surface area contributed by atoms with E-state index in [1.807, 2.05) is 0 Å². The van der Waals surface area contributed by atoms with E-state index < -0.39 is 0 Å². The number of rotatable bonds is 8. The quantitative estimate of drug-likeness (QED) is 0.333. The molecule has 0 aliphatic carbocycles. The van der Waals surface area contributed by atoms with Gasteiger partial charge in [-0.1, -0.05) is 50.6 Å². The summed E-state index contributed by atoms with van der Waals surface area (Å²) in [6.45, 7) is 3.99. The molecule has 0 bridgehead atoms. The van der Waals surface area contributed by atoms with Crippen molar-refractivity contribution in [2.45, 2.75) is 58.8 Å². The molecule has 0 aliphatic rings. The second-order valence-corrected chi connectivity index (χ2v) is 4.26. The lowest BCUT2D eigenvalue weighted by molar-refractivity contribution is -0.105. The summed E-state index contributed by atoms with van der Waals surface area (Å²) in [6.07, 6.45) is 9.21. The third-order valence-corrected chi connectivity index (χ3v) is 2.63. The minimum atomic E-state index is 0.647. The van der Waals surface area contributed by atoms with Crippen LogP contribution in [0, 0.1) is 0 Å². The summed E-state index contributed by atoms with van der Waals surface area (Å²) in [6, 6.07) is 0. The van der Waals surface area contributed by atoms with Gasteiger partial charge in [0.25, 0.3) is 0 Å². The molecule has 0 spiro atoms. The van der Waals surface area contributed by atoms with Gasteiger partial charge in [-0.15, -0.1) is 0 Å². The largest absolute Gasteiger partial charge is 0.298 e. The highest BCUT2D eigenvalue weighted by Crippen LogP contribution is 2.15. The van der Waals surface area contributed by atoms with E-state index in [-0.39, 0.29) is 0 Å². The molecule has 0 aromatic heterocycles. The minimum Gasteiger partial charge on any atom is -0.298 e. The van der Waals surface area contributed by atoms with E-state index >= 15 is 0 Å². The Bertz CT molecular complexity index is 181. The van der Waals surface area contributed by atoms with E-state index in [1.165, 1.54) is 32.1 Å². The number of halogens is 1. The van der Waals surface area contributed by atoms with Gasteiger partial charge in [0.15, 0.2) is 0 Å². The van der Waals surface area contributed by atoms with Crippen molar-refractivity contribution in [1.82, 2.24) is 0 Å². The van der Waals surface area contributed by atoms with Crippen molar-refractivity contribution in [3.05, 3.63) is 10.6 Å². The Hall–Kier alpha value is -0.300. The lowest BCUT2D eigenvalue weighted by Crippen LogP contribution is -1.88. The number of carbonyl (C=O) groups is 1. The first kappa shape index (κ1) is 13.7. The van der Waals surface area contributed by atoms with Crippen LogP contribution in [0.5, 0.6) is 0 Å². The molecule has 2 heteroatoms. The lowest BCUT2D eigenvalue weighted by Gasteiger charge is -2.01. The first-order valence-electron chi connectivity index (χ1n) is 5.52. The Labute approximate surface area is 92.5 Å². The van der Waals surface area contributed by atoms with Gasteiger partial charge < -0.3 is 0 Å². The van der Waals surface area contributed by atoms with Crippen LogP contribution >= 0.6 is 11.6 Å². The summed E-state index contributed by atoms with van der Waals surface area (Å²) >= 11 is 5.75. The van der Waals surface area contributed by atoms with Crippen LogP contribution in [-0.2, 0) is 4.79 Å². The zero-order valence-corrected chi connectivity index (χ0v) is 10.1. The average molecular weight is 217 g/mol. The molecule has 0 saturated carbocycles. The zero-order valence-electron chi connectivity index (χ0n) is 9.31. The predicted molar refractivity (Wildman–Crippen MR) is 62.6 cm³/mol. The van der Waals surface area contributed by atoms with Gasteiger partial charge in [-0.2, -0.15) is 0 Å². The minimum absolute atomic E-state index is 0.647. The van der Waals surface area contributed by atoms with E-state index in [1.54, 1.807) is 6.92 Å². The maximum Gasteiger partial charge on any atom is 0.147 e. The standard InChI is InChI=1S/C12H21ClO/c1-3-4-5-6-7-8-9-12(10-14)11(2)13/h10H,3-9H2,1-2H3. The van der Waals surface area contributed by atoms with Crippen molar-refractivity contribution in [3.63, 3.8) is 0 Å². The van der Waals surface area contributed by atoms with Crippen LogP contribution in [0.25, 0.3) is 0 Å². The van der Waals surface area contributed by atoms with Crippen molar-refractivity contribution >= 4 is 17.9 Å². The molecule has 0 atom stereocenters. The van der Waals surface area contributed by atoms with Crippen LogP contribution in [0.4, 0.5) is 0 Å². The number of hydrogen-bond donors (Lipinski definition) is 0. The Kier molecular flexibility index (Phi) is 9.06. The summed E-state index contributed by atoms with van der Waals surface area (Å²) < 4.78 is 0. The van der Waals surface area contributed by atoms with E-state index in [0.29, 0.717) is 5.03 Å². The highest BCUT2D eigenvalue weighted by molar-refractivity contribution is 6.30. The maximum absolute atomic E-state index is 10.6. The molecule has 0 radical (unpaired) electrons. The molecule has 0 amide bonds. The van der Waals surface area contributed by atoms with Gasteiger partial charge in [0.1, 0.15) is 6.29 Å². The van der Waals surface area contributed by atoms with Gasteiger partial charge >= 0.3 is 0 Å². The molecule has 0 saturated heterocycles. The third kappa shape index (κ3) is 7.14. The van der Waals surface area contributed by atoms with Gasteiger partial charge in [0.2, 0.25) is 0 Å². The van der Waals surface area contributed by atoms with Crippen molar-refractivity contribution < 1.29 is 4.79 Å². The molecule has 0 rings (SSSR count). The SMILES string of the molecule is CCCCCCCCC(C=O)=C(C)Cl. The zero-order chi connectivity index (χ0) is 10.8. The predicted octanol–water partition coefficient (Wildman–Crippen LogP) is 4.45. The molecular formula is C12H21ClO. The van der Waals surface area contributed by atoms with Crippen molar-refractivity contribution in [2.75, 3.05) is 0 Å². The lowest BCUT2D eigenvalue weighted by atomic mass is 10.1. The Morgan fingerprint density at radius 2 is 1.71 bits per heavy atom. The second kappa shape index (κ2) is 9.26. The molecule has 0 N–H and O–H groups in total. The van der Waals surface area contributed by atoms with Gasteiger partial charge in [-0.25, -0.2) is 0 Å². The third-order valence-electron chi connectivity index (χ3n) is 2.38. The maximum atomic E-state index is 10.6. The molecule has 1 nitrogen and oxygen atoms in total. The van der Waals surface area contributed by atoms with Crippen LogP contribution in [0.3, 0.4) is 0 Å². The van der Waals surface area contributed by atoms with Crippen molar-refractivity contribution in [1.29, 1.82) is 0 Å². The van der Waals surface area contributed by atoms with Crippen molar-refractivity contribution in [3.8, 4) is 0 Å². The normalized spacial score (nSPS) is 12.5. The number of aldehydes is 1. The van der Waals surface area contributed by atoms with Crippen LogP contribution < -0.4 is 0 Å². The average Bonchev–Trinajstić information content (AvgIpc) is 2.16. The topological polar surface area (TPSA) is 17.1 Å². The summed E-state index contributed by atoms with van der Waals surface area (Å²) in [5.41, 5.74) is 0.766. The Morgan fingerprint density at radius 3 is 2.21 bits per heavy atom. The Balaban J connectivity index is 3.44. The summed E-state index contributed by atoms with van der Waals surface area (Å²) in [4.78, 5) is 10.6. The van der Waals surface area contributed by atoms with Gasteiger partial charge in [-0.3, -0.25) is 4.79 Å². The van der Waals surface area contributed by atoms with Crippen molar-refractivity contribution in [2.24, 2.45) is 0 Å². The fourth-order valence-corrected chi connectivity index (χ4v) is 1.55. The first-order chi connectivity index (χ1) is 6.72. The summed E-state index contributed by atoms with van der Waals surface area (Å²) in [5.74, 6) is 0. The van der Waals surface area contributed by atoms with Crippen LogP contribution in [0.2, 0.25) is 0 Å². The number of unbranched alkanes of at least 4 members (excludes halogenated alkanes) is 5. The summed E-state index contributed by atoms with van der Waals surface area (Å²) in [5, 5.41) is 0.647. The molecule has 0 aromatic rings. The molecule has 0 heterocycles. The monoisotopic (exact) mass is 216 g/mol. The van der Waals surface area contributed by atoms with E-state index in [4.69, 9.17) is 11.6 Å². The molecule has 0 aromatic carbocycles. The molecule has 0 fully saturated rings. The van der Waals surface area contributed by atoms with Crippen LogP contribution in [0.15, 0.2) is 10.6 Å². The highest BCUT2D eigenvalue weighted by Gasteiger charge is 1.99. The first-order valence-corrected chi connectivity index (χ1v) is 5.90. The molecular weight excluding hydrogens is 196 g/mol. The summed E-state index contributed by atoms with van der Waals surface area (Å²) in [7, 11) is 0. The van der Waals surface area contributed by atoms with E-state index in [9.17, 15) is 4.79 Å².